The third-order valence-electron chi connectivity index (χ3n) is 6.84. The average Bonchev–Trinajstić information content (AvgIpc) is 3.51. The maximum absolute atomic E-state index is 14.8. The lowest BCUT2D eigenvalue weighted by molar-refractivity contribution is 0.214. The number of nitrogens with one attached hydrogen (secondary N) is 2. The number of anilines is 1. The molecule has 2 saturated heterocycles. The van der Waals surface area contributed by atoms with E-state index in [0.29, 0.717) is 59.8 Å². The van der Waals surface area contributed by atoms with Crippen LogP contribution < -0.4 is 14.8 Å². The smallest absolute Gasteiger partial charge is 0.333 e. The third kappa shape index (κ3) is 3.94. The molecule has 33 heavy (non-hydrogen) atoms. The van der Waals surface area contributed by atoms with Crippen molar-refractivity contribution in [2.75, 3.05) is 32.6 Å². The number of amides is 2. The van der Waals surface area contributed by atoms with Crippen LogP contribution in [0.4, 0.5) is 14.9 Å². The van der Waals surface area contributed by atoms with Crippen molar-refractivity contribution in [1.29, 1.82) is 0 Å². The van der Waals surface area contributed by atoms with Crippen LogP contribution in [0.25, 0.3) is 11.1 Å². The first kappa shape index (κ1) is 22.1. The summed E-state index contributed by atoms with van der Waals surface area (Å²) in [6.07, 6.45) is 4.22. The van der Waals surface area contributed by atoms with Crippen LogP contribution in [0.1, 0.15) is 24.0 Å². The Balaban J connectivity index is 1.44. The van der Waals surface area contributed by atoms with Gasteiger partial charge in [-0.1, -0.05) is 0 Å². The Labute approximate surface area is 192 Å². The zero-order chi connectivity index (χ0) is 23.3. The zero-order valence-electron chi connectivity index (χ0n) is 18.5. The number of carbonyl (C=O) groups is 1. The van der Waals surface area contributed by atoms with E-state index in [2.05, 4.69) is 19.9 Å². The van der Waals surface area contributed by atoms with Gasteiger partial charge in [0.15, 0.2) is 0 Å². The van der Waals surface area contributed by atoms with Crippen molar-refractivity contribution < 1.29 is 22.3 Å². The van der Waals surface area contributed by atoms with Gasteiger partial charge in [-0.3, -0.25) is 0 Å². The first-order valence-electron chi connectivity index (χ1n) is 10.9. The molecule has 1 aliphatic carbocycles. The molecule has 2 bridgehead atoms. The van der Waals surface area contributed by atoms with Crippen LogP contribution in [0.2, 0.25) is 0 Å². The summed E-state index contributed by atoms with van der Waals surface area (Å²) < 4.78 is 49.4. The van der Waals surface area contributed by atoms with E-state index in [-0.39, 0.29) is 17.9 Å². The van der Waals surface area contributed by atoms with E-state index in [4.69, 9.17) is 4.74 Å². The van der Waals surface area contributed by atoms with Crippen molar-refractivity contribution in [3.8, 4) is 17.0 Å². The average molecular weight is 476 g/mol. The maximum Gasteiger partial charge on any atom is 0.333 e. The standard InChI is InChI=1S/C22H26FN5O4S/c1-27-11-15-9-14(27)12-28(15)33(30,31)26-22(29)25-21-17-5-3-4-16(17)19(23)10-18(21)13-6-7-24-20(8-13)32-2/h6-8,10,14-15H,3-5,9,11-12H2,1-2H3,(H2,25,26,29). The molecule has 2 fully saturated rings. The molecule has 0 radical (unpaired) electrons. The van der Waals surface area contributed by atoms with E-state index in [1.807, 2.05) is 7.05 Å². The van der Waals surface area contributed by atoms with Crippen LogP contribution in [0.3, 0.4) is 0 Å². The number of pyridine rings is 1. The molecule has 2 unspecified atom stereocenters. The van der Waals surface area contributed by atoms with Crippen LogP contribution >= 0.6 is 0 Å². The fourth-order valence-electron chi connectivity index (χ4n) is 5.23. The number of hydrogen-bond acceptors (Lipinski definition) is 6. The molecule has 11 heteroatoms. The maximum atomic E-state index is 14.8. The SMILES string of the molecule is COc1cc(-c2cc(F)c3c(c2NC(=O)NS(=O)(=O)N2CC4CC2CN4C)CCC3)ccn1. The number of halogens is 1. The quantitative estimate of drug-likeness (QED) is 0.687. The topological polar surface area (TPSA) is 104 Å². The van der Waals surface area contributed by atoms with E-state index in [1.165, 1.54) is 23.7 Å². The summed E-state index contributed by atoms with van der Waals surface area (Å²) in [5.74, 6) is 0.00418. The highest BCUT2D eigenvalue weighted by Crippen LogP contribution is 2.40. The van der Waals surface area contributed by atoms with Crippen molar-refractivity contribution in [2.45, 2.75) is 37.8 Å². The van der Waals surface area contributed by atoms with E-state index in [9.17, 15) is 17.6 Å². The fourth-order valence-corrected chi connectivity index (χ4v) is 6.55. The van der Waals surface area contributed by atoms with E-state index >= 15 is 0 Å². The van der Waals surface area contributed by atoms with Crippen LogP contribution in [-0.2, 0) is 23.1 Å². The lowest BCUT2D eigenvalue weighted by atomic mass is 9.97. The highest BCUT2D eigenvalue weighted by atomic mass is 32.2. The van der Waals surface area contributed by atoms with Gasteiger partial charge in [-0.25, -0.2) is 18.9 Å². The molecule has 0 spiro atoms. The summed E-state index contributed by atoms with van der Waals surface area (Å²) in [4.78, 5) is 19.1. The molecule has 176 valence electrons. The molecule has 3 aliphatic rings. The van der Waals surface area contributed by atoms with Gasteiger partial charge in [0.1, 0.15) is 5.82 Å². The van der Waals surface area contributed by atoms with Crippen molar-refractivity contribution in [3.63, 3.8) is 0 Å². The van der Waals surface area contributed by atoms with Crippen molar-refractivity contribution in [2.24, 2.45) is 0 Å². The summed E-state index contributed by atoms with van der Waals surface area (Å²) in [5, 5.41) is 2.71. The Morgan fingerprint density at radius 3 is 2.70 bits per heavy atom. The van der Waals surface area contributed by atoms with Gasteiger partial charge in [0.25, 0.3) is 0 Å². The predicted molar refractivity (Wildman–Crippen MR) is 121 cm³/mol. The van der Waals surface area contributed by atoms with Crippen molar-refractivity contribution in [1.82, 2.24) is 18.9 Å². The molecule has 2 aliphatic heterocycles. The number of ether oxygens (including phenoxy) is 1. The van der Waals surface area contributed by atoms with Crippen LogP contribution in [-0.4, -0.2) is 68.0 Å². The van der Waals surface area contributed by atoms with Crippen LogP contribution in [0, 0.1) is 5.82 Å². The molecule has 2 N–H and O–H groups in total. The summed E-state index contributed by atoms with van der Waals surface area (Å²) in [6, 6.07) is 3.87. The Morgan fingerprint density at radius 1 is 1.21 bits per heavy atom. The number of likely N-dealkylation sites (N-methyl/N-ethyl adjacent to an activating group) is 1. The van der Waals surface area contributed by atoms with E-state index in [0.717, 1.165) is 12.8 Å². The summed E-state index contributed by atoms with van der Waals surface area (Å²) >= 11 is 0. The fraction of sp³-hybridized carbons (Fsp3) is 0.455. The molecule has 1 aromatic carbocycles. The Kier molecular flexibility index (Phi) is 5.50. The number of rotatable bonds is 5. The first-order valence-corrected chi connectivity index (χ1v) is 12.4. The van der Waals surface area contributed by atoms with Crippen molar-refractivity contribution in [3.05, 3.63) is 41.3 Å². The van der Waals surface area contributed by atoms with Crippen LogP contribution in [0.15, 0.2) is 24.4 Å². The second kappa shape index (κ2) is 8.23. The minimum absolute atomic E-state index is 0.139. The number of fused-ring (bicyclic) bond motifs is 3. The van der Waals surface area contributed by atoms with Crippen LogP contribution in [0.5, 0.6) is 5.88 Å². The van der Waals surface area contributed by atoms with Gasteiger partial charge in [-0.05, 0) is 61.6 Å². The summed E-state index contributed by atoms with van der Waals surface area (Å²) in [6.45, 7) is 1.00. The van der Waals surface area contributed by atoms with Gasteiger partial charge in [-0.15, -0.1) is 0 Å². The number of urea groups is 1. The summed E-state index contributed by atoms with van der Waals surface area (Å²) in [7, 11) is -0.550. The van der Waals surface area contributed by atoms with Gasteiger partial charge < -0.3 is 15.0 Å². The molecule has 0 saturated carbocycles. The minimum atomic E-state index is -4.00. The number of nitrogens with zero attached hydrogens (tertiary/aromatic N) is 3. The lowest BCUT2D eigenvalue weighted by Gasteiger charge is -2.30. The lowest BCUT2D eigenvalue weighted by Crippen LogP contribution is -2.52. The Bertz CT molecular complexity index is 1220. The van der Waals surface area contributed by atoms with Gasteiger partial charge in [0, 0.05) is 43.0 Å². The number of likely N-dealkylation sites (tertiary alicyclic amines) is 1. The zero-order valence-corrected chi connectivity index (χ0v) is 19.3. The molecular weight excluding hydrogens is 449 g/mol. The second-order valence-electron chi connectivity index (χ2n) is 8.79. The number of aromatic nitrogens is 1. The molecule has 3 heterocycles. The molecular formula is C22H26FN5O4S. The molecule has 9 nitrogen and oxygen atoms in total. The molecule has 5 rings (SSSR count). The monoisotopic (exact) mass is 475 g/mol. The predicted octanol–water partition coefficient (Wildman–Crippen LogP) is 2.14. The largest absolute Gasteiger partial charge is 0.481 e. The normalized spacial score (nSPS) is 22.4. The molecule has 2 atom stereocenters. The highest BCUT2D eigenvalue weighted by molar-refractivity contribution is 7.87. The van der Waals surface area contributed by atoms with E-state index < -0.39 is 16.2 Å². The molecule has 1 aromatic heterocycles. The summed E-state index contributed by atoms with van der Waals surface area (Å²) in [5.41, 5.74) is 2.71. The number of carbonyl (C=O) groups excluding carboxylic acids is 1. The Hall–Kier alpha value is -2.76. The van der Waals surface area contributed by atoms with Gasteiger partial charge in [0.05, 0.1) is 12.8 Å². The highest BCUT2D eigenvalue weighted by Gasteiger charge is 2.47. The Morgan fingerprint density at radius 2 is 2.00 bits per heavy atom. The number of methoxy groups -OCH3 is 1. The molecule has 2 aromatic rings. The number of piperazine rings is 1. The van der Waals surface area contributed by atoms with Crippen molar-refractivity contribution >= 4 is 21.9 Å². The molecule has 2 amide bonds. The van der Waals surface area contributed by atoms with Gasteiger partial charge in [0.2, 0.25) is 5.88 Å². The second-order valence-corrected chi connectivity index (χ2v) is 10.4. The van der Waals surface area contributed by atoms with Gasteiger partial charge in [-0.2, -0.15) is 12.7 Å². The van der Waals surface area contributed by atoms with E-state index in [1.54, 1.807) is 12.1 Å². The number of benzene rings is 1. The minimum Gasteiger partial charge on any atom is -0.481 e. The number of hydrogen-bond donors (Lipinski definition) is 2. The van der Waals surface area contributed by atoms with Gasteiger partial charge >= 0.3 is 16.2 Å². The first-order chi connectivity index (χ1) is 15.8. The third-order valence-corrected chi connectivity index (χ3v) is 8.34.